The van der Waals surface area contributed by atoms with Gasteiger partial charge in [-0.25, -0.2) is 4.79 Å². The predicted octanol–water partition coefficient (Wildman–Crippen LogP) is 5.81. The summed E-state index contributed by atoms with van der Waals surface area (Å²) in [4.78, 5) is 26.3. The molecule has 0 saturated heterocycles. The fourth-order valence-corrected chi connectivity index (χ4v) is 3.86. The maximum atomic E-state index is 13.0. The molecular weight excluding hydrogens is 438 g/mol. The first-order valence-electron chi connectivity index (χ1n) is 10.9. The molecule has 0 spiro atoms. The van der Waals surface area contributed by atoms with Gasteiger partial charge in [-0.3, -0.25) is 9.69 Å². The maximum absolute atomic E-state index is 13.0. The zero-order valence-corrected chi connectivity index (χ0v) is 21.8. The van der Waals surface area contributed by atoms with Gasteiger partial charge in [-0.05, 0) is 54.9 Å². The van der Waals surface area contributed by atoms with E-state index >= 15 is 0 Å². The Bertz CT molecular complexity index is 952. The number of ether oxygens (including phenoxy) is 3. The smallest absolute Gasteiger partial charge is 0.416 e. The molecule has 7 nitrogen and oxygen atoms in total. The number of hydrogen-bond donors (Lipinski definition) is 0. The predicted molar refractivity (Wildman–Crippen MR) is 130 cm³/mol. The Labute approximate surface area is 197 Å². The second-order valence-corrected chi connectivity index (χ2v) is 14.1. The highest BCUT2D eigenvalue weighted by Gasteiger charge is 2.39. The van der Waals surface area contributed by atoms with Crippen molar-refractivity contribution in [2.75, 3.05) is 20.8 Å². The van der Waals surface area contributed by atoms with E-state index in [-0.39, 0.29) is 11.6 Å². The Morgan fingerprint density at radius 1 is 0.970 bits per heavy atom. The lowest BCUT2D eigenvalue weighted by Gasteiger charge is -2.36. The zero-order valence-electron chi connectivity index (χ0n) is 20.8. The van der Waals surface area contributed by atoms with Crippen LogP contribution in [0.5, 0.6) is 17.2 Å². The van der Waals surface area contributed by atoms with Gasteiger partial charge in [0, 0.05) is 6.07 Å². The maximum Gasteiger partial charge on any atom is 0.416 e. The van der Waals surface area contributed by atoms with Crippen LogP contribution in [-0.2, 0) is 9.53 Å². The average molecular weight is 474 g/mol. The van der Waals surface area contributed by atoms with Crippen LogP contribution in [0.3, 0.4) is 0 Å². The minimum atomic E-state index is -1.96. The molecule has 1 unspecified atom stereocenters. The first kappa shape index (κ1) is 26.3. The van der Waals surface area contributed by atoms with Crippen LogP contribution in [0.1, 0.15) is 39.3 Å². The number of benzene rings is 2. The van der Waals surface area contributed by atoms with Crippen molar-refractivity contribution >= 4 is 20.4 Å². The number of carbonyl (C=O) groups excluding carboxylic acids is 2. The van der Waals surface area contributed by atoms with E-state index in [4.69, 9.17) is 18.6 Å². The Kier molecular flexibility index (Phi) is 8.55. The third-order valence-corrected chi connectivity index (χ3v) is 10.4. The molecule has 0 heterocycles. The van der Waals surface area contributed by atoms with Crippen LogP contribution >= 0.6 is 0 Å². The summed E-state index contributed by atoms with van der Waals surface area (Å²) in [7, 11) is 0.852. The van der Waals surface area contributed by atoms with E-state index in [2.05, 4.69) is 33.9 Å². The van der Waals surface area contributed by atoms with Crippen LogP contribution in [-0.4, -0.2) is 46.0 Å². The van der Waals surface area contributed by atoms with Gasteiger partial charge in [0.2, 0.25) is 8.32 Å². The zero-order chi connectivity index (χ0) is 24.8. The van der Waals surface area contributed by atoms with Crippen molar-refractivity contribution in [2.45, 2.75) is 51.9 Å². The van der Waals surface area contributed by atoms with E-state index in [1.54, 1.807) is 24.3 Å². The summed E-state index contributed by atoms with van der Waals surface area (Å²) in [5.41, 5.74) is 0.837. The Morgan fingerprint density at radius 3 is 2.12 bits per heavy atom. The average Bonchev–Trinajstić information content (AvgIpc) is 2.76. The molecule has 0 fully saturated rings. The van der Waals surface area contributed by atoms with E-state index in [0.717, 1.165) is 11.3 Å². The number of hydrogen-bond acceptors (Lipinski definition) is 6. The normalized spacial score (nSPS) is 12.5. The minimum absolute atomic E-state index is 0.0835. The number of carbonyl (C=O) groups is 2. The van der Waals surface area contributed by atoms with Crippen molar-refractivity contribution in [3.63, 3.8) is 0 Å². The topological polar surface area (TPSA) is 74.3 Å². The standard InChI is InChI=1S/C25H35NO6Si/c1-18(19-12-14-20(15-13-19)32-33(7,8)25(2,3)4)26(17-23(27)30-6)24(28)31-22-11-9-10-21(16-22)29-5/h9-16,18H,17H2,1-8H3. The highest BCUT2D eigenvalue weighted by Crippen LogP contribution is 2.37. The van der Waals surface area contributed by atoms with Gasteiger partial charge in [0.1, 0.15) is 23.8 Å². The molecule has 0 radical (unpaired) electrons. The molecule has 0 aliphatic carbocycles. The molecule has 180 valence electrons. The van der Waals surface area contributed by atoms with E-state index in [1.165, 1.54) is 19.1 Å². The summed E-state index contributed by atoms with van der Waals surface area (Å²) >= 11 is 0. The van der Waals surface area contributed by atoms with Crippen molar-refractivity contribution in [3.8, 4) is 17.2 Å². The summed E-state index contributed by atoms with van der Waals surface area (Å²) in [5.74, 6) is 1.13. The first-order valence-corrected chi connectivity index (χ1v) is 13.8. The van der Waals surface area contributed by atoms with Gasteiger partial charge in [-0.1, -0.05) is 39.0 Å². The number of esters is 1. The lowest BCUT2D eigenvalue weighted by atomic mass is 10.1. The van der Waals surface area contributed by atoms with Crippen LogP contribution in [0.4, 0.5) is 4.79 Å². The summed E-state index contributed by atoms with van der Waals surface area (Å²) in [6.07, 6.45) is -0.664. The van der Waals surface area contributed by atoms with Gasteiger partial charge in [0.25, 0.3) is 0 Å². The molecule has 8 heteroatoms. The molecule has 0 bridgehead atoms. The van der Waals surface area contributed by atoms with E-state index in [0.29, 0.717) is 11.5 Å². The molecule has 2 aromatic carbocycles. The molecule has 33 heavy (non-hydrogen) atoms. The van der Waals surface area contributed by atoms with Crippen molar-refractivity contribution in [1.29, 1.82) is 0 Å². The summed E-state index contributed by atoms with van der Waals surface area (Å²) in [5, 5.41) is 0.0835. The second kappa shape index (κ2) is 10.7. The van der Waals surface area contributed by atoms with Gasteiger partial charge >= 0.3 is 12.1 Å². The molecule has 0 saturated carbocycles. The van der Waals surface area contributed by atoms with Gasteiger partial charge < -0.3 is 18.6 Å². The third kappa shape index (κ3) is 6.99. The van der Waals surface area contributed by atoms with E-state index in [1.807, 2.05) is 31.2 Å². The highest BCUT2D eigenvalue weighted by molar-refractivity contribution is 6.74. The van der Waals surface area contributed by atoms with Crippen LogP contribution in [0.2, 0.25) is 18.1 Å². The Balaban J connectivity index is 2.23. The molecule has 1 atom stereocenters. The van der Waals surface area contributed by atoms with Gasteiger partial charge in [0.05, 0.1) is 20.3 Å². The molecule has 0 aliphatic rings. The second-order valence-electron chi connectivity index (χ2n) is 9.36. The molecule has 2 rings (SSSR count). The fraction of sp³-hybridized carbons (Fsp3) is 0.440. The minimum Gasteiger partial charge on any atom is -0.544 e. The monoisotopic (exact) mass is 473 g/mol. The molecule has 0 N–H and O–H groups in total. The van der Waals surface area contributed by atoms with Crippen molar-refractivity contribution < 1.29 is 28.2 Å². The molecule has 0 aliphatic heterocycles. The summed E-state index contributed by atoms with van der Waals surface area (Å²) < 4.78 is 21.8. The van der Waals surface area contributed by atoms with Gasteiger partial charge in [-0.15, -0.1) is 0 Å². The Morgan fingerprint density at radius 2 is 1.58 bits per heavy atom. The van der Waals surface area contributed by atoms with E-state index < -0.39 is 26.4 Å². The highest BCUT2D eigenvalue weighted by atomic mass is 28.4. The van der Waals surface area contributed by atoms with Crippen molar-refractivity contribution in [2.24, 2.45) is 0 Å². The number of nitrogens with zero attached hydrogens (tertiary/aromatic N) is 1. The lowest BCUT2D eigenvalue weighted by molar-refractivity contribution is -0.141. The lowest BCUT2D eigenvalue weighted by Crippen LogP contribution is -2.43. The van der Waals surface area contributed by atoms with Crippen LogP contribution in [0, 0.1) is 0 Å². The van der Waals surface area contributed by atoms with Crippen LogP contribution < -0.4 is 13.9 Å². The molecule has 2 aromatic rings. The van der Waals surface area contributed by atoms with Crippen LogP contribution in [0.25, 0.3) is 0 Å². The van der Waals surface area contributed by atoms with Gasteiger partial charge in [-0.2, -0.15) is 0 Å². The number of rotatable bonds is 8. The summed E-state index contributed by atoms with van der Waals surface area (Å²) in [6.45, 7) is 12.5. The third-order valence-electron chi connectivity index (χ3n) is 6.02. The molecular formula is C25H35NO6Si. The molecule has 0 aromatic heterocycles. The summed E-state index contributed by atoms with van der Waals surface area (Å²) in [6, 6.07) is 13.9. The van der Waals surface area contributed by atoms with Crippen molar-refractivity contribution in [3.05, 3.63) is 54.1 Å². The SMILES string of the molecule is COC(=O)CN(C(=O)Oc1cccc(OC)c1)C(C)c1ccc(O[Si](C)(C)C(C)(C)C)cc1. The quantitative estimate of drug-likeness (QED) is 0.356. The van der Waals surface area contributed by atoms with Crippen LogP contribution in [0.15, 0.2) is 48.5 Å². The van der Waals surface area contributed by atoms with E-state index in [9.17, 15) is 9.59 Å². The van der Waals surface area contributed by atoms with Crippen molar-refractivity contribution in [1.82, 2.24) is 4.90 Å². The molecule has 1 amide bonds. The largest absolute Gasteiger partial charge is 0.544 e. The first-order chi connectivity index (χ1) is 15.4. The fourth-order valence-electron chi connectivity index (χ4n) is 2.83. The Hall–Kier alpha value is -3.00. The number of methoxy groups -OCH3 is 2. The number of amides is 1. The van der Waals surface area contributed by atoms with Gasteiger partial charge in [0.15, 0.2) is 0 Å².